The van der Waals surface area contributed by atoms with Gasteiger partial charge in [0.25, 0.3) is 0 Å². The first-order valence-corrected chi connectivity index (χ1v) is 5.82. The largest absolute Gasteiger partial charge is 0.463 e. The van der Waals surface area contributed by atoms with E-state index in [1.165, 1.54) is 0 Å². The molecule has 0 bridgehead atoms. The minimum Gasteiger partial charge on any atom is -0.463 e. The van der Waals surface area contributed by atoms with Gasteiger partial charge in [0.1, 0.15) is 0 Å². The lowest BCUT2D eigenvalue weighted by Gasteiger charge is -2.24. The molecule has 0 saturated heterocycles. The minimum atomic E-state index is -0.243. The molecule has 0 N–H and O–H groups in total. The number of rotatable bonds is 6. The van der Waals surface area contributed by atoms with Crippen molar-refractivity contribution in [3.63, 3.8) is 0 Å². The molecule has 0 radical (unpaired) electrons. The summed E-state index contributed by atoms with van der Waals surface area (Å²) in [6.07, 6.45) is 2.05. The van der Waals surface area contributed by atoms with Crippen LogP contribution in [0.25, 0.3) is 0 Å². The fraction of sp³-hybridized carbons (Fsp3) is 0.769. The highest BCUT2D eigenvalue weighted by Gasteiger charge is 2.19. The fourth-order valence-electron chi connectivity index (χ4n) is 1.90. The molecule has 94 valence electrons. The zero-order valence-electron chi connectivity index (χ0n) is 11.2. The molecule has 0 spiro atoms. The molecular formula is C13H24O3. The van der Waals surface area contributed by atoms with Crippen LogP contribution >= 0.6 is 0 Å². The normalized spacial score (nSPS) is 16.1. The monoisotopic (exact) mass is 228 g/mol. The van der Waals surface area contributed by atoms with Gasteiger partial charge in [-0.3, -0.25) is 0 Å². The van der Waals surface area contributed by atoms with Crippen molar-refractivity contribution in [1.82, 2.24) is 0 Å². The summed E-state index contributed by atoms with van der Waals surface area (Å²) in [5.74, 6) is 0.383. The molecule has 0 heterocycles. The molecule has 0 aliphatic rings. The van der Waals surface area contributed by atoms with E-state index in [4.69, 9.17) is 9.47 Å². The van der Waals surface area contributed by atoms with E-state index >= 15 is 0 Å². The van der Waals surface area contributed by atoms with Gasteiger partial charge in [0.05, 0.1) is 12.7 Å². The van der Waals surface area contributed by atoms with Gasteiger partial charge in [-0.15, -0.1) is 0 Å². The average Bonchev–Trinajstić information content (AvgIpc) is 2.18. The summed E-state index contributed by atoms with van der Waals surface area (Å²) in [6, 6.07) is 0. The van der Waals surface area contributed by atoms with Crippen molar-refractivity contribution < 1.29 is 14.3 Å². The number of carbonyl (C=O) groups is 1. The Morgan fingerprint density at radius 2 is 1.88 bits per heavy atom. The fourth-order valence-corrected chi connectivity index (χ4v) is 1.90. The summed E-state index contributed by atoms with van der Waals surface area (Å²) in [4.78, 5) is 11.4. The summed E-state index contributed by atoms with van der Waals surface area (Å²) in [5.41, 5.74) is 0.650. The molecular weight excluding hydrogens is 204 g/mol. The number of hydrogen-bond acceptors (Lipinski definition) is 3. The van der Waals surface area contributed by atoms with Gasteiger partial charge in [0, 0.05) is 18.6 Å². The van der Waals surface area contributed by atoms with E-state index in [0.717, 1.165) is 0 Å². The van der Waals surface area contributed by atoms with Crippen molar-refractivity contribution in [2.45, 2.75) is 40.7 Å². The molecule has 0 aliphatic carbocycles. The molecule has 2 atom stereocenters. The molecule has 0 aromatic rings. The number of ether oxygens (including phenoxy) is 2. The maximum atomic E-state index is 11.4. The van der Waals surface area contributed by atoms with Gasteiger partial charge in [0.15, 0.2) is 0 Å². The topological polar surface area (TPSA) is 35.5 Å². The summed E-state index contributed by atoms with van der Waals surface area (Å²) >= 11 is 0. The van der Waals surface area contributed by atoms with E-state index in [-0.39, 0.29) is 18.0 Å². The molecule has 3 nitrogen and oxygen atoms in total. The van der Waals surface area contributed by atoms with Crippen molar-refractivity contribution in [3.05, 3.63) is 11.6 Å². The summed E-state index contributed by atoms with van der Waals surface area (Å²) in [6.45, 7) is 10.3. The Labute approximate surface area is 98.8 Å². The second kappa shape index (κ2) is 7.44. The molecule has 0 aromatic carbocycles. The molecule has 16 heavy (non-hydrogen) atoms. The van der Waals surface area contributed by atoms with Crippen LogP contribution in [0, 0.1) is 11.8 Å². The maximum Gasteiger partial charge on any atom is 0.333 e. The quantitative estimate of drug-likeness (QED) is 0.518. The van der Waals surface area contributed by atoms with Gasteiger partial charge in [-0.2, -0.15) is 0 Å². The second-order valence-corrected chi connectivity index (χ2v) is 4.37. The van der Waals surface area contributed by atoms with Gasteiger partial charge < -0.3 is 9.47 Å². The van der Waals surface area contributed by atoms with E-state index in [2.05, 4.69) is 20.8 Å². The number of esters is 1. The summed E-state index contributed by atoms with van der Waals surface area (Å²) in [7, 11) is 1.70. The van der Waals surface area contributed by atoms with Crippen LogP contribution in [-0.4, -0.2) is 25.8 Å². The Morgan fingerprint density at radius 1 is 1.31 bits per heavy atom. The second-order valence-electron chi connectivity index (χ2n) is 4.37. The highest BCUT2D eigenvalue weighted by atomic mass is 16.5. The van der Waals surface area contributed by atoms with Crippen molar-refractivity contribution >= 4 is 5.97 Å². The molecule has 0 fully saturated rings. The lowest BCUT2D eigenvalue weighted by atomic mass is 9.93. The standard InChI is InChI=1S/C13H24O3/c1-7-16-13(14)11(5)8-10(4)12(15-6)9(2)3/h8-10,12H,7H2,1-6H3/b11-8+/t10-,12-/m1/s1. The summed E-state index contributed by atoms with van der Waals surface area (Å²) in [5, 5.41) is 0. The van der Waals surface area contributed by atoms with E-state index in [9.17, 15) is 4.79 Å². The Kier molecular flexibility index (Phi) is 7.06. The van der Waals surface area contributed by atoms with Gasteiger partial charge in [-0.05, 0) is 19.8 Å². The lowest BCUT2D eigenvalue weighted by Crippen LogP contribution is -2.25. The molecule has 0 rings (SSSR count). The van der Waals surface area contributed by atoms with Gasteiger partial charge >= 0.3 is 5.97 Å². The minimum absolute atomic E-state index is 0.129. The third-order valence-corrected chi connectivity index (χ3v) is 2.56. The van der Waals surface area contributed by atoms with Crippen LogP contribution in [0.15, 0.2) is 11.6 Å². The van der Waals surface area contributed by atoms with Crippen molar-refractivity contribution in [1.29, 1.82) is 0 Å². The lowest BCUT2D eigenvalue weighted by molar-refractivity contribution is -0.138. The number of methoxy groups -OCH3 is 1. The van der Waals surface area contributed by atoms with Crippen LogP contribution < -0.4 is 0 Å². The maximum absolute atomic E-state index is 11.4. The Hall–Kier alpha value is -0.830. The molecule has 3 heteroatoms. The smallest absolute Gasteiger partial charge is 0.333 e. The van der Waals surface area contributed by atoms with Crippen molar-refractivity contribution in [2.75, 3.05) is 13.7 Å². The molecule has 0 unspecified atom stereocenters. The Morgan fingerprint density at radius 3 is 2.25 bits per heavy atom. The third kappa shape index (κ3) is 4.79. The van der Waals surface area contributed by atoms with Crippen LogP contribution in [0.1, 0.15) is 34.6 Å². The Balaban J connectivity index is 4.55. The first-order chi connectivity index (χ1) is 7.43. The van der Waals surface area contributed by atoms with Gasteiger partial charge in [0.2, 0.25) is 0 Å². The van der Waals surface area contributed by atoms with E-state index in [0.29, 0.717) is 18.1 Å². The zero-order valence-corrected chi connectivity index (χ0v) is 11.2. The third-order valence-electron chi connectivity index (χ3n) is 2.56. The van der Waals surface area contributed by atoms with Gasteiger partial charge in [-0.25, -0.2) is 4.79 Å². The molecule has 0 saturated carbocycles. The van der Waals surface area contributed by atoms with E-state index < -0.39 is 0 Å². The van der Waals surface area contributed by atoms with Crippen LogP contribution in [-0.2, 0) is 14.3 Å². The number of carbonyl (C=O) groups excluding carboxylic acids is 1. The van der Waals surface area contributed by atoms with Crippen LogP contribution in [0.3, 0.4) is 0 Å². The average molecular weight is 228 g/mol. The predicted molar refractivity (Wildman–Crippen MR) is 65.2 cm³/mol. The van der Waals surface area contributed by atoms with E-state index in [1.807, 2.05) is 6.08 Å². The van der Waals surface area contributed by atoms with Crippen LogP contribution in [0.2, 0.25) is 0 Å². The predicted octanol–water partition coefficient (Wildman–Crippen LogP) is 2.80. The van der Waals surface area contributed by atoms with Crippen molar-refractivity contribution in [2.24, 2.45) is 11.8 Å². The van der Waals surface area contributed by atoms with Crippen molar-refractivity contribution in [3.8, 4) is 0 Å². The van der Waals surface area contributed by atoms with Gasteiger partial charge in [-0.1, -0.05) is 26.8 Å². The van der Waals surface area contributed by atoms with E-state index in [1.54, 1.807) is 21.0 Å². The summed E-state index contributed by atoms with van der Waals surface area (Å²) < 4.78 is 10.3. The SMILES string of the molecule is CCOC(=O)/C(C)=C/[C@@H](C)[C@H](OC)C(C)C. The number of hydrogen-bond donors (Lipinski definition) is 0. The highest BCUT2D eigenvalue weighted by molar-refractivity contribution is 5.87. The highest BCUT2D eigenvalue weighted by Crippen LogP contribution is 2.18. The van der Waals surface area contributed by atoms with Crippen LogP contribution in [0.4, 0.5) is 0 Å². The van der Waals surface area contributed by atoms with Crippen LogP contribution in [0.5, 0.6) is 0 Å². The molecule has 0 aromatic heterocycles. The molecule has 0 aliphatic heterocycles. The first-order valence-electron chi connectivity index (χ1n) is 5.82. The first kappa shape index (κ1) is 15.2. The Bertz CT molecular complexity index is 244. The zero-order chi connectivity index (χ0) is 12.7. The molecule has 0 amide bonds.